The lowest BCUT2D eigenvalue weighted by atomic mass is 10.2. The number of hydrogen-bond acceptors (Lipinski definition) is 8. The van der Waals surface area contributed by atoms with Gasteiger partial charge in [-0.05, 0) is 53.1 Å². The van der Waals surface area contributed by atoms with E-state index in [0.717, 1.165) is 38.5 Å². The van der Waals surface area contributed by atoms with E-state index in [1.54, 1.807) is 16.3 Å². The van der Waals surface area contributed by atoms with Gasteiger partial charge in [0.1, 0.15) is 24.7 Å². The van der Waals surface area contributed by atoms with E-state index < -0.39 is 4.92 Å². The van der Waals surface area contributed by atoms with Crippen molar-refractivity contribution in [3.8, 4) is 11.8 Å². The Morgan fingerprint density at radius 2 is 1.83 bits per heavy atom. The van der Waals surface area contributed by atoms with Gasteiger partial charge in [-0.3, -0.25) is 9.47 Å². The van der Waals surface area contributed by atoms with E-state index in [2.05, 4.69) is 57.4 Å². The minimum Gasteiger partial charge on any atom is -0.490 e. The highest BCUT2D eigenvalue weighted by atomic mass is 32.2. The first kappa shape index (κ1) is 23.5. The maximum Gasteiger partial charge on any atom is 0.414 e. The second kappa shape index (κ2) is 10.6. The number of piperazine rings is 1. The number of nitrogens with zero attached hydrogens (tertiary/aromatic N) is 5. The fourth-order valence-electron chi connectivity index (χ4n) is 4.43. The van der Waals surface area contributed by atoms with E-state index in [9.17, 15) is 10.1 Å². The zero-order chi connectivity index (χ0) is 24.2. The second-order valence-electron chi connectivity index (χ2n) is 8.78. The average Bonchev–Trinajstić information content (AvgIpc) is 3.33. The lowest BCUT2D eigenvalue weighted by molar-refractivity contribution is -0.389. The number of aryl methyl sites for hydroxylation is 1. The molecule has 0 saturated carbocycles. The normalized spacial score (nSPS) is 18.1. The van der Waals surface area contributed by atoms with E-state index in [4.69, 9.17) is 9.47 Å². The molecule has 3 heterocycles. The number of imidazole rings is 1. The Morgan fingerprint density at radius 1 is 1.09 bits per heavy atom. The largest absolute Gasteiger partial charge is 0.490 e. The van der Waals surface area contributed by atoms with E-state index in [1.807, 2.05) is 12.1 Å². The summed E-state index contributed by atoms with van der Waals surface area (Å²) >= 11 is 1.77. The van der Waals surface area contributed by atoms with Crippen LogP contribution in [0.5, 0.6) is 11.8 Å². The standard InChI is InChI=1S/C25H29N5O4S/c1-35-23-8-2-19(3-9-23)16-27-12-14-28(15-13-27)20-4-6-21(7-5-20)33-18-22-10-11-29-17-24(30(31)32)26-25(29)34-22/h2-9,17,22H,10-16,18H2,1H3. The molecule has 9 nitrogen and oxygen atoms in total. The highest BCUT2D eigenvalue weighted by molar-refractivity contribution is 7.98. The van der Waals surface area contributed by atoms with Gasteiger partial charge in [0, 0.05) is 61.3 Å². The van der Waals surface area contributed by atoms with Gasteiger partial charge in [-0.25, -0.2) is 0 Å². The van der Waals surface area contributed by atoms with E-state index >= 15 is 0 Å². The smallest absolute Gasteiger partial charge is 0.414 e. The first-order valence-electron chi connectivity index (χ1n) is 11.8. The summed E-state index contributed by atoms with van der Waals surface area (Å²) in [6, 6.07) is 17.3. The van der Waals surface area contributed by atoms with Crippen molar-refractivity contribution in [2.24, 2.45) is 0 Å². The molecule has 1 aromatic heterocycles. The summed E-state index contributed by atoms with van der Waals surface area (Å²) in [5.41, 5.74) is 2.56. The molecule has 10 heteroatoms. The van der Waals surface area contributed by atoms with Crippen LogP contribution in [0.2, 0.25) is 0 Å². The third kappa shape index (κ3) is 5.71. The van der Waals surface area contributed by atoms with Crippen LogP contribution in [0, 0.1) is 10.1 Å². The van der Waals surface area contributed by atoms with Crippen LogP contribution in [-0.4, -0.2) is 64.5 Å². The quantitative estimate of drug-likeness (QED) is 0.263. The summed E-state index contributed by atoms with van der Waals surface area (Å²) in [7, 11) is 0. The molecule has 2 aliphatic heterocycles. The Labute approximate surface area is 208 Å². The Balaban J connectivity index is 1.08. The van der Waals surface area contributed by atoms with E-state index in [0.29, 0.717) is 19.6 Å². The maximum atomic E-state index is 10.9. The van der Waals surface area contributed by atoms with Crippen LogP contribution in [0.1, 0.15) is 12.0 Å². The van der Waals surface area contributed by atoms with Gasteiger partial charge in [0.25, 0.3) is 0 Å². The molecular formula is C25H29N5O4S. The van der Waals surface area contributed by atoms with E-state index in [1.165, 1.54) is 22.3 Å². The molecule has 5 rings (SSSR count). The number of ether oxygens (including phenoxy) is 2. The van der Waals surface area contributed by atoms with Gasteiger partial charge in [-0.2, -0.15) is 0 Å². The first-order valence-corrected chi connectivity index (χ1v) is 13.0. The lowest BCUT2D eigenvalue weighted by Crippen LogP contribution is -2.45. The summed E-state index contributed by atoms with van der Waals surface area (Å²) < 4.78 is 13.4. The molecule has 1 unspecified atom stereocenters. The molecule has 0 aliphatic carbocycles. The molecule has 184 valence electrons. The Bertz CT molecular complexity index is 1140. The molecule has 1 saturated heterocycles. The lowest BCUT2D eigenvalue weighted by Gasteiger charge is -2.36. The summed E-state index contributed by atoms with van der Waals surface area (Å²) in [5, 5.41) is 10.9. The number of benzene rings is 2. The fraction of sp³-hybridized carbons (Fsp3) is 0.400. The van der Waals surface area contributed by atoms with Crippen molar-refractivity contribution in [2.45, 2.75) is 30.5 Å². The fourth-order valence-corrected chi connectivity index (χ4v) is 4.84. The van der Waals surface area contributed by atoms with Crippen LogP contribution < -0.4 is 14.4 Å². The predicted molar refractivity (Wildman–Crippen MR) is 136 cm³/mol. The van der Waals surface area contributed by atoms with Crippen molar-refractivity contribution in [1.82, 2.24) is 14.5 Å². The zero-order valence-corrected chi connectivity index (χ0v) is 20.5. The van der Waals surface area contributed by atoms with Crippen LogP contribution in [-0.2, 0) is 13.1 Å². The third-order valence-electron chi connectivity index (χ3n) is 6.45. The number of hydrogen-bond donors (Lipinski definition) is 0. The number of anilines is 1. The first-order chi connectivity index (χ1) is 17.1. The predicted octanol–water partition coefficient (Wildman–Crippen LogP) is 4.07. The minimum atomic E-state index is -0.508. The Hall–Kier alpha value is -3.24. The van der Waals surface area contributed by atoms with Crippen molar-refractivity contribution >= 4 is 23.3 Å². The summed E-state index contributed by atoms with van der Waals surface area (Å²) in [6.07, 6.45) is 4.04. The molecule has 0 radical (unpaired) electrons. The minimum absolute atomic E-state index is 0.186. The molecule has 0 N–H and O–H groups in total. The molecule has 0 spiro atoms. The zero-order valence-electron chi connectivity index (χ0n) is 19.7. The van der Waals surface area contributed by atoms with Crippen molar-refractivity contribution < 1.29 is 14.4 Å². The van der Waals surface area contributed by atoms with Crippen LogP contribution in [0.4, 0.5) is 11.5 Å². The van der Waals surface area contributed by atoms with Crippen LogP contribution in [0.3, 0.4) is 0 Å². The Morgan fingerprint density at radius 3 is 2.51 bits per heavy atom. The summed E-state index contributed by atoms with van der Waals surface area (Å²) in [4.78, 5) is 20.5. The topological polar surface area (TPSA) is 85.9 Å². The highest BCUT2D eigenvalue weighted by Crippen LogP contribution is 2.26. The van der Waals surface area contributed by atoms with Gasteiger partial charge in [0.05, 0.1) is 0 Å². The van der Waals surface area contributed by atoms with Gasteiger partial charge in [-0.15, -0.1) is 11.8 Å². The van der Waals surface area contributed by atoms with Crippen molar-refractivity contribution in [1.29, 1.82) is 0 Å². The van der Waals surface area contributed by atoms with Gasteiger partial charge in [-0.1, -0.05) is 12.1 Å². The molecule has 2 aliphatic rings. The number of thioether (sulfide) groups is 1. The van der Waals surface area contributed by atoms with E-state index in [-0.39, 0.29) is 17.9 Å². The maximum absolute atomic E-state index is 10.9. The highest BCUT2D eigenvalue weighted by Gasteiger charge is 2.28. The monoisotopic (exact) mass is 495 g/mol. The van der Waals surface area contributed by atoms with Crippen LogP contribution in [0.25, 0.3) is 0 Å². The Kier molecular flexibility index (Phi) is 7.10. The molecule has 1 fully saturated rings. The van der Waals surface area contributed by atoms with Crippen LogP contribution in [0.15, 0.2) is 59.6 Å². The van der Waals surface area contributed by atoms with Crippen molar-refractivity contribution in [3.05, 3.63) is 70.4 Å². The molecular weight excluding hydrogens is 466 g/mol. The molecule has 0 amide bonds. The van der Waals surface area contributed by atoms with Gasteiger partial charge in [0.15, 0.2) is 0 Å². The van der Waals surface area contributed by atoms with Crippen molar-refractivity contribution in [3.63, 3.8) is 0 Å². The van der Waals surface area contributed by atoms with Gasteiger partial charge < -0.3 is 24.5 Å². The van der Waals surface area contributed by atoms with Crippen LogP contribution >= 0.6 is 11.8 Å². The molecule has 1 atom stereocenters. The summed E-state index contributed by atoms with van der Waals surface area (Å²) in [6.45, 7) is 6.06. The second-order valence-corrected chi connectivity index (χ2v) is 9.66. The molecule has 3 aromatic rings. The number of fused-ring (bicyclic) bond motifs is 1. The third-order valence-corrected chi connectivity index (χ3v) is 7.20. The van der Waals surface area contributed by atoms with Gasteiger partial charge in [0.2, 0.25) is 0 Å². The molecule has 35 heavy (non-hydrogen) atoms. The summed E-state index contributed by atoms with van der Waals surface area (Å²) in [5.74, 6) is 0.590. The van der Waals surface area contributed by atoms with Gasteiger partial charge >= 0.3 is 11.8 Å². The van der Waals surface area contributed by atoms with Crippen molar-refractivity contribution in [2.75, 3.05) is 43.9 Å². The average molecular weight is 496 g/mol. The molecule has 0 bridgehead atoms. The number of rotatable bonds is 8. The number of aromatic nitrogens is 2. The number of nitro groups is 1. The molecule has 2 aromatic carbocycles. The SMILES string of the molecule is CSc1ccc(CN2CCN(c3ccc(OCC4CCn5cc([N+](=O)[O-])nc5O4)cc3)CC2)cc1.